The molecule has 0 unspecified atom stereocenters. The van der Waals surface area contributed by atoms with Crippen molar-refractivity contribution in [2.45, 2.75) is 6.92 Å². The zero-order valence-electron chi connectivity index (χ0n) is 8.04. The van der Waals surface area contributed by atoms with Crippen LogP contribution in [-0.4, -0.2) is 19.7 Å². The Labute approximate surface area is 81.4 Å². The molecule has 0 aromatic heterocycles. The molecule has 4 heteroatoms. The highest BCUT2D eigenvalue weighted by Crippen LogP contribution is 2.16. The van der Waals surface area contributed by atoms with Crippen LogP contribution in [-0.2, 0) is 4.74 Å². The molecule has 0 fully saturated rings. The summed E-state index contributed by atoms with van der Waals surface area (Å²) in [5.74, 6) is -0.925. The van der Waals surface area contributed by atoms with Crippen molar-refractivity contribution in [3.05, 3.63) is 29.6 Å². The summed E-state index contributed by atoms with van der Waals surface area (Å²) in [5, 5.41) is 0. The van der Waals surface area contributed by atoms with E-state index < -0.39 is 11.8 Å². The number of methoxy groups -OCH3 is 1. The molecule has 0 bridgehead atoms. The minimum Gasteiger partial charge on any atom is -0.497 e. The van der Waals surface area contributed by atoms with Crippen molar-refractivity contribution in [2.24, 2.45) is 0 Å². The van der Waals surface area contributed by atoms with Crippen molar-refractivity contribution in [2.75, 3.05) is 13.7 Å². The highest BCUT2D eigenvalue weighted by Gasteiger charge is 2.12. The van der Waals surface area contributed by atoms with Gasteiger partial charge in [-0.15, -0.1) is 0 Å². The van der Waals surface area contributed by atoms with Crippen LogP contribution in [0.5, 0.6) is 5.75 Å². The average molecular weight is 198 g/mol. The predicted octanol–water partition coefficient (Wildman–Crippen LogP) is 2.01. The molecule has 0 N–H and O–H groups in total. The Morgan fingerprint density at radius 3 is 2.71 bits per heavy atom. The Bertz CT molecular complexity index is 336. The minimum absolute atomic E-state index is 0.0762. The molecule has 1 rings (SSSR count). The van der Waals surface area contributed by atoms with Gasteiger partial charge in [-0.2, -0.15) is 0 Å². The van der Waals surface area contributed by atoms with Crippen LogP contribution in [0.25, 0.3) is 0 Å². The number of hydrogen-bond acceptors (Lipinski definition) is 3. The van der Waals surface area contributed by atoms with E-state index in [-0.39, 0.29) is 12.2 Å². The van der Waals surface area contributed by atoms with Gasteiger partial charge in [0, 0.05) is 6.07 Å². The summed E-state index contributed by atoms with van der Waals surface area (Å²) >= 11 is 0. The lowest BCUT2D eigenvalue weighted by Crippen LogP contribution is -2.07. The third-order valence-electron chi connectivity index (χ3n) is 1.67. The van der Waals surface area contributed by atoms with Crippen molar-refractivity contribution in [1.82, 2.24) is 0 Å². The first-order valence-corrected chi connectivity index (χ1v) is 4.19. The molecule has 0 saturated carbocycles. The van der Waals surface area contributed by atoms with Crippen LogP contribution in [0.2, 0.25) is 0 Å². The van der Waals surface area contributed by atoms with Gasteiger partial charge in [0.05, 0.1) is 19.3 Å². The second-order valence-electron chi connectivity index (χ2n) is 2.57. The topological polar surface area (TPSA) is 35.5 Å². The molecule has 1 aromatic rings. The highest BCUT2D eigenvalue weighted by atomic mass is 19.1. The molecule has 14 heavy (non-hydrogen) atoms. The van der Waals surface area contributed by atoms with E-state index in [1.165, 1.54) is 19.2 Å². The Balaban J connectivity index is 2.94. The van der Waals surface area contributed by atoms with E-state index in [2.05, 4.69) is 4.74 Å². The van der Waals surface area contributed by atoms with Gasteiger partial charge < -0.3 is 9.47 Å². The van der Waals surface area contributed by atoms with Gasteiger partial charge in [-0.3, -0.25) is 0 Å². The summed E-state index contributed by atoms with van der Waals surface area (Å²) in [6.45, 7) is 1.89. The SMILES string of the molecule is CCOC(=O)c1ccc(OC)cc1F. The smallest absolute Gasteiger partial charge is 0.341 e. The molecular formula is C10H11FO3. The molecule has 0 aliphatic carbocycles. The third kappa shape index (κ3) is 2.22. The molecule has 1 aromatic carbocycles. The molecule has 0 heterocycles. The molecule has 0 amide bonds. The predicted molar refractivity (Wildman–Crippen MR) is 48.9 cm³/mol. The maximum atomic E-state index is 13.2. The fraction of sp³-hybridized carbons (Fsp3) is 0.300. The van der Waals surface area contributed by atoms with Gasteiger partial charge in [-0.05, 0) is 19.1 Å². The zero-order valence-corrected chi connectivity index (χ0v) is 8.04. The number of carbonyl (C=O) groups excluding carboxylic acids is 1. The number of halogens is 1. The van der Waals surface area contributed by atoms with Crippen molar-refractivity contribution < 1.29 is 18.7 Å². The van der Waals surface area contributed by atoms with Crippen molar-refractivity contribution in [1.29, 1.82) is 0 Å². The molecule has 0 aliphatic heterocycles. The monoisotopic (exact) mass is 198 g/mol. The first kappa shape index (κ1) is 10.5. The van der Waals surface area contributed by atoms with E-state index >= 15 is 0 Å². The van der Waals surface area contributed by atoms with Gasteiger partial charge in [-0.25, -0.2) is 9.18 Å². The molecule has 0 saturated heterocycles. The van der Waals surface area contributed by atoms with Gasteiger partial charge in [0.1, 0.15) is 11.6 Å². The van der Waals surface area contributed by atoms with Crippen LogP contribution in [0, 0.1) is 5.82 Å². The Kier molecular flexibility index (Phi) is 3.45. The molecule has 0 aliphatic rings. The van der Waals surface area contributed by atoms with E-state index in [4.69, 9.17) is 4.74 Å². The number of hydrogen-bond donors (Lipinski definition) is 0. The van der Waals surface area contributed by atoms with Gasteiger partial charge in [0.25, 0.3) is 0 Å². The lowest BCUT2D eigenvalue weighted by molar-refractivity contribution is 0.0521. The Hall–Kier alpha value is -1.58. The van der Waals surface area contributed by atoms with Crippen molar-refractivity contribution in [3.8, 4) is 5.75 Å². The molecule has 0 atom stereocenters. The minimum atomic E-state index is -0.660. The van der Waals surface area contributed by atoms with E-state index in [1.807, 2.05) is 0 Å². The second-order valence-corrected chi connectivity index (χ2v) is 2.57. The molecule has 0 radical (unpaired) electrons. The van der Waals surface area contributed by atoms with E-state index in [9.17, 15) is 9.18 Å². The number of rotatable bonds is 3. The quantitative estimate of drug-likeness (QED) is 0.697. The number of carbonyl (C=O) groups is 1. The van der Waals surface area contributed by atoms with Crippen molar-refractivity contribution >= 4 is 5.97 Å². The first-order valence-electron chi connectivity index (χ1n) is 4.19. The first-order chi connectivity index (χ1) is 6.69. The third-order valence-corrected chi connectivity index (χ3v) is 1.67. The normalized spacial score (nSPS) is 9.64. The van der Waals surface area contributed by atoms with E-state index in [0.717, 1.165) is 6.07 Å². The van der Waals surface area contributed by atoms with Crippen LogP contribution in [0.15, 0.2) is 18.2 Å². The summed E-state index contributed by atoms with van der Waals surface area (Å²) < 4.78 is 22.7. The average Bonchev–Trinajstić information content (AvgIpc) is 2.17. The lowest BCUT2D eigenvalue weighted by atomic mass is 10.2. The largest absolute Gasteiger partial charge is 0.497 e. The number of esters is 1. The van der Waals surface area contributed by atoms with Crippen molar-refractivity contribution in [3.63, 3.8) is 0 Å². The summed E-state index contributed by atoms with van der Waals surface area (Å²) in [6.07, 6.45) is 0. The van der Waals surface area contributed by atoms with Gasteiger partial charge in [0.15, 0.2) is 0 Å². The summed E-state index contributed by atoms with van der Waals surface area (Å²) in [5.41, 5.74) is -0.0762. The molecule has 3 nitrogen and oxygen atoms in total. The van der Waals surface area contributed by atoms with Gasteiger partial charge in [-0.1, -0.05) is 0 Å². The molecule has 0 spiro atoms. The Morgan fingerprint density at radius 1 is 1.50 bits per heavy atom. The van der Waals surface area contributed by atoms with Gasteiger partial charge in [0.2, 0.25) is 0 Å². The molecular weight excluding hydrogens is 187 g/mol. The van der Waals surface area contributed by atoms with Crippen LogP contribution >= 0.6 is 0 Å². The van der Waals surface area contributed by atoms with E-state index in [0.29, 0.717) is 5.75 Å². The fourth-order valence-corrected chi connectivity index (χ4v) is 0.997. The van der Waals surface area contributed by atoms with Crippen LogP contribution in [0.1, 0.15) is 17.3 Å². The molecule has 76 valence electrons. The van der Waals surface area contributed by atoms with Crippen LogP contribution in [0.4, 0.5) is 4.39 Å². The Morgan fingerprint density at radius 2 is 2.21 bits per heavy atom. The fourth-order valence-electron chi connectivity index (χ4n) is 0.997. The lowest BCUT2D eigenvalue weighted by Gasteiger charge is -2.04. The standard InChI is InChI=1S/C10H11FO3/c1-3-14-10(12)8-5-4-7(13-2)6-9(8)11/h4-6H,3H2,1-2H3. The van der Waals surface area contributed by atoms with E-state index in [1.54, 1.807) is 6.92 Å². The number of benzene rings is 1. The maximum absolute atomic E-state index is 13.2. The zero-order chi connectivity index (χ0) is 10.6. The number of ether oxygens (including phenoxy) is 2. The maximum Gasteiger partial charge on any atom is 0.341 e. The summed E-state index contributed by atoms with van der Waals surface area (Å²) in [6, 6.07) is 3.99. The summed E-state index contributed by atoms with van der Waals surface area (Å²) in [7, 11) is 1.43. The van der Waals surface area contributed by atoms with Crippen LogP contribution in [0.3, 0.4) is 0 Å². The van der Waals surface area contributed by atoms with Gasteiger partial charge >= 0.3 is 5.97 Å². The summed E-state index contributed by atoms with van der Waals surface area (Å²) in [4.78, 5) is 11.2. The highest BCUT2D eigenvalue weighted by molar-refractivity contribution is 5.89. The second kappa shape index (κ2) is 4.60. The van der Waals surface area contributed by atoms with Crippen LogP contribution < -0.4 is 4.74 Å².